The van der Waals surface area contributed by atoms with E-state index < -0.39 is 0 Å². The van der Waals surface area contributed by atoms with Crippen LogP contribution in [0.3, 0.4) is 0 Å². The van der Waals surface area contributed by atoms with Crippen LogP contribution in [0.25, 0.3) is 0 Å². The molecule has 0 aliphatic carbocycles. The third-order valence-corrected chi connectivity index (χ3v) is 4.21. The molecular formula is C18H30BrNO. The molecule has 0 aliphatic rings. The maximum Gasteiger partial charge on any atom is 0.124 e. The van der Waals surface area contributed by atoms with Crippen LogP contribution in [0.5, 0.6) is 5.75 Å². The molecule has 0 heterocycles. The largest absolute Gasteiger partial charge is 0.493 e. The van der Waals surface area contributed by atoms with Crippen molar-refractivity contribution in [3.63, 3.8) is 0 Å². The zero-order valence-corrected chi connectivity index (χ0v) is 15.1. The second-order valence-electron chi connectivity index (χ2n) is 5.79. The summed E-state index contributed by atoms with van der Waals surface area (Å²) in [6.45, 7) is 5.04. The maximum absolute atomic E-state index is 5.99. The molecule has 0 unspecified atom stereocenters. The molecule has 2 nitrogen and oxygen atoms in total. The Labute approximate surface area is 138 Å². The minimum absolute atomic E-state index is 0.00364. The lowest BCUT2D eigenvalue weighted by Crippen LogP contribution is -2.08. The van der Waals surface area contributed by atoms with Crippen molar-refractivity contribution < 1.29 is 4.74 Å². The first-order valence-electron chi connectivity index (χ1n) is 8.33. The third-order valence-electron chi connectivity index (χ3n) is 3.72. The van der Waals surface area contributed by atoms with E-state index in [4.69, 9.17) is 10.5 Å². The molecule has 0 bridgehead atoms. The third kappa shape index (κ3) is 7.87. The van der Waals surface area contributed by atoms with Crippen molar-refractivity contribution in [2.45, 2.75) is 71.3 Å². The fourth-order valence-electron chi connectivity index (χ4n) is 2.42. The molecule has 0 saturated carbocycles. The van der Waals surface area contributed by atoms with Gasteiger partial charge in [-0.15, -0.1) is 0 Å². The summed E-state index contributed by atoms with van der Waals surface area (Å²) in [5.74, 6) is 0.927. The molecule has 21 heavy (non-hydrogen) atoms. The van der Waals surface area contributed by atoms with Crippen molar-refractivity contribution in [2.75, 3.05) is 6.61 Å². The summed E-state index contributed by atoms with van der Waals surface area (Å²) >= 11 is 3.48. The summed E-state index contributed by atoms with van der Waals surface area (Å²) in [5.41, 5.74) is 7.07. The molecule has 0 radical (unpaired) electrons. The summed E-state index contributed by atoms with van der Waals surface area (Å²) in [6, 6.07) is 6.06. The number of hydrogen-bond donors (Lipinski definition) is 1. The van der Waals surface area contributed by atoms with Crippen LogP contribution in [-0.4, -0.2) is 6.61 Å². The quantitative estimate of drug-likeness (QED) is 0.494. The van der Waals surface area contributed by atoms with Gasteiger partial charge in [-0.2, -0.15) is 0 Å². The maximum atomic E-state index is 5.99. The highest BCUT2D eigenvalue weighted by Crippen LogP contribution is 2.27. The van der Waals surface area contributed by atoms with Crippen molar-refractivity contribution in [3.05, 3.63) is 28.2 Å². The highest BCUT2D eigenvalue weighted by atomic mass is 79.9. The van der Waals surface area contributed by atoms with Crippen molar-refractivity contribution in [3.8, 4) is 5.75 Å². The highest BCUT2D eigenvalue weighted by molar-refractivity contribution is 9.10. The summed E-state index contributed by atoms with van der Waals surface area (Å²) in [7, 11) is 0. The lowest BCUT2D eigenvalue weighted by atomic mass is 10.1. The minimum Gasteiger partial charge on any atom is -0.493 e. The van der Waals surface area contributed by atoms with Crippen LogP contribution in [0.15, 0.2) is 22.7 Å². The summed E-state index contributed by atoms with van der Waals surface area (Å²) in [5, 5.41) is 0. The molecule has 1 atom stereocenters. The Bertz CT molecular complexity index is 393. The number of halogens is 1. The predicted octanol–water partition coefficient (Wildman–Crippen LogP) is 5.99. The predicted molar refractivity (Wildman–Crippen MR) is 94.8 cm³/mol. The van der Waals surface area contributed by atoms with Gasteiger partial charge >= 0.3 is 0 Å². The van der Waals surface area contributed by atoms with Crippen LogP contribution >= 0.6 is 15.9 Å². The van der Waals surface area contributed by atoms with Gasteiger partial charge in [0.2, 0.25) is 0 Å². The van der Waals surface area contributed by atoms with Gasteiger partial charge in [0.15, 0.2) is 0 Å². The Morgan fingerprint density at radius 2 is 1.67 bits per heavy atom. The summed E-state index contributed by atoms with van der Waals surface area (Å²) in [6.07, 6.45) is 10.6. The van der Waals surface area contributed by atoms with E-state index in [9.17, 15) is 0 Å². The Hall–Kier alpha value is -0.540. The average Bonchev–Trinajstić information content (AvgIpc) is 2.46. The molecule has 1 aromatic carbocycles. The Morgan fingerprint density at radius 1 is 1.05 bits per heavy atom. The molecule has 1 rings (SSSR count). The summed E-state index contributed by atoms with van der Waals surface area (Å²) < 4.78 is 6.95. The number of nitrogens with two attached hydrogens (primary N) is 1. The van der Waals surface area contributed by atoms with Gasteiger partial charge in [0.1, 0.15) is 5.75 Å². The minimum atomic E-state index is -0.00364. The first-order valence-corrected chi connectivity index (χ1v) is 9.12. The lowest BCUT2D eigenvalue weighted by molar-refractivity contribution is 0.300. The van der Waals surface area contributed by atoms with Crippen LogP contribution in [0.4, 0.5) is 0 Å². The summed E-state index contributed by atoms with van der Waals surface area (Å²) in [4.78, 5) is 0. The molecule has 120 valence electrons. The van der Waals surface area contributed by atoms with Crippen molar-refractivity contribution in [1.29, 1.82) is 0 Å². The smallest absolute Gasteiger partial charge is 0.124 e. The number of ether oxygens (including phenoxy) is 1. The van der Waals surface area contributed by atoms with E-state index in [0.29, 0.717) is 0 Å². The van der Waals surface area contributed by atoms with Crippen molar-refractivity contribution in [1.82, 2.24) is 0 Å². The van der Waals surface area contributed by atoms with Crippen LogP contribution < -0.4 is 10.5 Å². The second-order valence-corrected chi connectivity index (χ2v) is 6.71. The number of benzene rings is 1. The number of rotatable bonds is 11. The Balaban J connectivity index is 2.18. The van der Waals surface area contributed by atoms with E-state index in [1.54, 1.807) is 0 Å². The van der Waals surface area contributed by atoms with Gasteiger partial charge < -0.3 is 10.5 Å². The van der Waals surface area contributed by atoms with Crippen LogP contribution in [-0.2, 0) is 0 Å². The molecule has 0 amide bonds. The lowest BCUT2D eigenvalue weighted by Gasteiger charge is -2.14. The van der Waals surface area contributed by atoms with E-state index >= 15 is 0 Å². The monoisotopic (exact) mass is 355 g/mol. The van der Waals surface area contributed by atoms with E-state index in [-0.39, 0.29) is 6.04 Å². The van der Waals surface area contributed by atoms with Gasteiger partial charge in [-0.3, -0.25) is 0 Å². The average molecular weight is 356 g/mol. The number of unbranched alkanes of at least 4 members (excludes halogenated alkanes) is 7. The SMILES string of the molecule is CCCCCCCCCCOc1ccc(Br)cc1[C@@H](C)N. The van der Waals surface area contributed by atoms with E-state index in [0.717, 1.165) is 28.8 Å². The normalized spacial score (nSPS) is 12.4. The first kappa shape index (κ1) is 18.5. The highest BCUT2D eigenvalue weighted by Gasteiger charge is 2.08. The van der Waals surface area contributed by atoms with Crippen molar-refractivity contribution >= 4 is 15.9 Å². The topological polar surface area (TPSA) is 35.2 Å². The number of hydrogen-bond acceptors (Lipinski definition) is 2. The molecule has 0 saturated heterocycles. The van der Waals surface area contributed by atoms with Gasteiger partial charge in [0.05, 0.1) is 6.61 Å². The van der Waals surface area contributed by atoms with Crippen LogP contribution in [0.2, 0.25) is 0 Å². The van der Waals surface area contributed by atoms with Crippen LogP contribution in [0, 0.1) is 0 Å². The molecule has 1 aromatic rings. The molecule has 0 fully saturated rings. The van der Waals surface area contributed by atoms with Gasteiger partial charge in [0, 0.05) is 16.1 Å². The second kappa shape index (κ2) is 11.1. The van der Waals surface area contributed by atoms with Gasteiger partial charge in [-0.25, -0.2) is 0 Å². The molecule has 2 N–H and O–H groups in total. The van der Waals surface area contributed by atoms with E-state index in [2.05, 4.69) is 22.9 Å². The van der Waals surface area contributed by atoms with E-state index in [1.165, 1.54) is 44.9 Å². The van der Waals surface area contributed by atoms with Gasteiger partial charge in [-0.1, -0.05) is 67.8 Å². The Morgan fingerprint density at radius 3 is 2.29 bits per heavy atom. The zero-order chi connectivity index (χ0) is 15.5. The van der Waals surface area contributed by atoms with Crippen LogP contribution in [0.1, 0.15) is 76.8 Å². The standard InChI is InChI=1S/C18H30BrNO/c1-3-4-5-6-7-8-9-10-13-21-18-12-11-16(19)14-17(18)15(2)20/h11-12,14-15H,3-10,13,20H2,1-2H3/t15-/m1/s1. The van der Waals surface area contributed by atoms with E-state index in [1.807, 2.05) is 25.1 Å². The van der Waals surface area contributed by atoms with Gasteiger partial charge in [0.25, 0.3) is 0 Å². The molecule has 0 aliphatic heterocycles. The Kier molecular flexibility index (Phi) is 9.77. The fraction of sp³-hybridized carbons (Fsp3) is 0.667. The molecule has 3 heteroatoms. The molecule has 0 aromatic heterocycles. The van der Waals surface area contributed by atoms with Gasteiger partial charge in [-0.05, 0) is 31.5 Å². The van der Waals surface area contributed by atoms with Crippen molar-refractivity contribution in [2.24, 2.45) is 5.73 Å². The first-order chi connectivity index (χ1) is 10.1. The molecular weight excluding hydrogens is 326 g/mol. The zero-order valence-electron chi connectivity index (χ0n) is 13.5. The molecule has 0 spiro atoms. The fourth-order valence-corrected chi connectivity index (χ4v) is 2.80.